The van der Waals surface area contributed by atoms with Crippen molar-refractivity contribution in [2.45, 2.75) is 0 Å². The Morgan fingerprint density at radius 3 is 2.65 bits per heavy atom. The number of nitrogens with zero attached hydrogens (tertiary/aromatic N) is 2. The fraction of sp³-hybridized carbons (Fsp3) is 0.0500. The quantitative estimate of drug-likeness (QED) is 0.483. The molecule has 0 fully saturated rings. The first-order valence-corrected chi connectivity index (χ1v) is 7.87. The Morgan fingerprint density at radius 2 is 1.96 bits per heavy atom. The van der Waals surface area contributed by atoms with Gasteiger partial charge in [0, 0.05) is 34.9 Å². The van der Waals surface area contributed by atoms with E-state index >= 15 is 0 Å². The Balaban J connectivity index is 2.00. The molecule has 0 aliphatic heterocycles. The van der Waals surface area contributed by atoms with Crippen LogP contribution in [0.25, 0.3) is 0 Å². The largest absolute Gasteiger partial charge is 0.495 e. The zero-order valence-corrected chi connectivity index (χ0v) is 14.2. The highest BCUT2D eigenvalue weighted by molar-refractivity contribution is 6.14. The van der Waals surface area contributed by atoms with Crippen LogP contribution in [0.5, 0.6) is 5.75 Å². The van der Waals surface area contributed by atoms with Gasteiger partial charge in [0.15, 0.2) is 0 Å². The summed E-state index contributed by atoms with van der Waals surface area (Å²) in [6, 6.07) is 16.2. The van der Waals surface area contributed by atoms with Gasteiger partial charge in [0.05, 0.1) is 24.1 Å². The number of ether oxygens (including phenoxy) is 1. The second kappa shape index (κ2) is 7.36. The molecular formula is C20H17N5O. The predicted molar refractivity (Wildman–Crippen MR) is 102 cm³/mol. The number of rotatable bonds is 5. The first kappa shape index (κ1) is 17.0. The normalized spacial score (nSPS) is 10.0. The van der Waals surface area contributed by atoms with Crippen LogP contribution >= 0.6 is 0 Å². The van der Waals surface area contributed by atoms with Gasteiger partial charge in [0.25, 0.3) is 0 Å². The summed E-state index contributed by atoms with van der Waals surface area (Å²) < 4.78 is 5.34. The summed E-state index contributed by atoms with van der Waals surface area (Å²) in [4.78, 5) is 3.97. The maximum atomic E-state index is 9.35. The summed E-state index contributed by atoms with van der Waals surface area (Å²) in [5.41, 5.74) is 9.92. The maximum Gasteiger partial charge on any atom is 0.143 e. The lowest BCUT2D eigenvalue weighted by Crippen LogP contribution is -2.07. The maximum absolute atomic E-state index is 9.35. The van der Waals surface area contributed by atoms with Gasteiger partial charge in [0.2, 0.25) is 0 Å². The number of nitrogens with two attached hydrogens (primary N) is 1. The molecule has 0 aliphatic carbocycles. The molecule has 3 rings (SSSR count). The molecule has 3 aromatic rings. The Labute approximate surface area is 151 Å². The Hall–Kier alpha value is -3.85. The van der Waals surface area contributed by atoms with Crippen LogP contribution in [0.1, 0.15) is 16.7 Å². The van der Waals surface area contributed by atoms with Crippen LogP contribution in [0.3, 0.4) is 0 Å². The molecule has 0 aliphatic rings. The average Bonchev–Trinajstić information content (AvgIpc) is 2.69. The summed E-state index contributed by atoms with van der Waals surface area (Å²) in [7, 11) is 1.55. The van der Waals surface area contributed by atoms with Gasteiger partial charge in [-0.1, -0.05) is 6.07 Å². The molecule has 1 heterocycles. The minimum absolute atomic E-state index is 0.300. The molecular weight excluding hydrogens is 326 g/mol. The SMILES string of the molecule is COc1cccc(C#N)c1Nc1ccc(N)c(C(=N)c2ccncc2)c1. The molecule has 6 heteroatoms. The first-order chi connectivity index (χ1) is 12.6. The Kier molecular flexibility index (Phi) is 4.81. The molecule has 2 aromatic carbocycles. The molecule has 6 nitrogen and oxygen atoms in total. The van der Waals surface area contributed by atoms with Gasteiger partial charge in [-0.15, -0.1) is 0 Å². The molecule has 0 amide bonds. The minimum Gasteiger partial charge on any atom is -0.495 e. The molecule has 0 saturated heterocycles. The van der Waals surface area contributed by atoms with E-state index in [-0.39, 0.29) is 0 Å². The second-order valence-electron chi connectivity index (χ2n) is 5.53. The van der Waals surface area contributed by atoms with Gasteiger partial charge in [-0.25, -0.2) is 0 Å². The lowest BCUT2D eigenvalue weighted by molar-refractivity contribution is 0.416. The molecule has 128 valence electrons. The minimum atomic E-state index is 0.300. The monoisotopic (exact) mass is 343 g/mol. The molecule has 0 saturated carbocycles. The van der Waals surface area contributed by atoms with Crippen LogP contribution in [0.4, 0.5) is 17.1 Å². The van der Waals surface area contributed by atoms with Gasteiger partial charge in [-0.3, -0.25) is 10.4 Å². The Morgan fingerprint density at radius 1 is 1.19 bits per heavy atom. The highest BCUT2D eigenvalue weighted by Gasteiger charge is 2.13. The van der Waals surface area contributed by atoms with E-state index in [2.05, 4.69) is 16.4 Å². The Bertz CT molecular complexity index is 993. The number of hydrogen-bond donors (Lipinski definition) is 3. The fourth-order valence-electron chi connectivity index (χ4n) is 2.59. The van der Waals surface area contributed by atoms with E-state index in [1.807, 2.05) is 0 Å². The van der Waals surface area contributed by atoms with E-state index < -0.39 is 0 Å². The summed E-state index contributed by atoms with van der Waals surface area (Å²) in [5.74, 6) is 0.562. The summed E-state index contributed by atoms with van der Waals surface area (Å²) in [5, 5.41) is 21.0. The van der Waals surface area contributed by atoms with Crippen LogP contribution in [-0.2, 0) is 0 Å². The average molecular weight is 343 g/mol. The summed E-state index contributed by atoms with van der Waals surface area (Å²) >= 11 is 0. The molecule has 26 heavy (non-hydrogen) atoms. The zero-order chi connectivity index (χ0) is 18.5. The lowest BCUT2D eigenvalue weighted by atomic mass is 10.0. The number of nitrogen functional groups attached to an aromatic ring is 1. The van der Waals surface area contributed by atoms with Crippen LogP contribution in [0, 0.1) is 16.7 Å². The van der Waals surface area contributed by atoms with Crippen molar-refractivity contribution in [1.29, 1.82) is 10.7 Å². The van der Waals surface area contributed by atoms with E-state index in [1.165, 1.54) is 0 Å². The lowest BCUT2D eigenvalue weighted by Gasteiger charge is -2.15. The molecule has 0 spiro atoms. The van der Waals surface area contributed by atoms with Crippen LogP contribution in [0.2, 0.25) is 0 Å². The van der Waals surface area contributed by atoms with Crippen molar-refractivity contribution >= 4 is 22.8 Å². The third-order valence-electron chi connectivity index (χ3n) is 3.93. The van der Waals surface area contributed by atoms with Crippen molar-refractivity contribution < 1.29 is 4.74 Å². The highest BCUT2D eigenvalue weighted by Crippen LogP contribution is 2.32. The number of benzene rings is 2. The van der Waals surface area contributed by atoms with Gasteiger partial charge in [-0.05, 0) is 42.5 Å². The van der Waals surface area contributed by atoms with Crippen molar-refractivity contribution in [1.82, 2.24) is 4.98 Å². The molecule has 1 aromatic heterocycles. The smallest absolute Gasteiger partial charge is 0.143 e. The van der Waals surface area contributed by atoms with E-state index in [1.54, 1.807) is 68.0 Å². The third-order valence-corrected chi connectivity index (χ3v) is 3.93. The second-order valence-corrected chi connectivity index (χ2v) is 5.53. The molecule has 4 N–H and O–H groups in total. The predicted octanol–water partition coefficient (Wildman–Crippen LogP) is 3.70. The molecule has 0 radical (unpaired) electrons. The van der Waals surface area contributed by atoms with E-state index in [0.29, 0.717) is 39.7 Å². The van der Waals surface area contributed by atoms with Crippen LogP contribution in [0.15, 0.2) is 60.9 Å². The van der Waals surface area contributed by atoms with Crippen LogP contribution < -0.4 is 15.8 Å². The summed E-state index contributed by atoms with van der Waals surface area (Å²) in [6.45, 7) is 0. The van der Waals surface area contributed by atoms with Gasteiger partial charge in [0.1, 0.15) is 11.8 Å². The molecule has 0 unspecified atom stereocenters. The number of aromatic nitrogens is 1. The number of hydrogen-bond acceptors (Lipinski definition) is 6. The summed E-state index contributed by atoms with van der Waals surface area (Å²) in [6.07, 6.45) is 3.27. The number of pyridine rings is 1. The van der Waals surface area contributed by atoms with E-state index in [9.17, 15) is 5.26 Å². The van der Waals surface area contributed by atoms with Gasteiger partial charge >= 0.3 is 0 Å². The molecule has 0 atom stereocenters. The molecule has 0 bridgehead atoms. The number of anilines is 3. The fourth-order valence-corrected chi connectivity index (χ4v) is 2.59. The van der Waals surface area contributed by atoms with E-state index in [0.717, 1.165) is 5.56 Å². The van der Waals surface area contributed by atoms with Crippen molar-refractivity contribution in [3.63, 3.8) is 0 Å². The van der Waals surface area contributed by atoms with Crippen molar-refractivity contribution in [2.24, 2.45) is 0 Å². The van der Waals surface area contributed by atoms with Crippen LogP contribution in [-0.4, -0.2) is 17.8 Å². The topological polar surface area (TPSA) is 108 Å². The van der Waals surface area contributed by atoms with E-state index in [4.69, 9.17) is 15.9 Å². The van der Waals surface area contributed by atoms with Crippen molar-refractivity contribution in [2.75, 3.05) is 18.2 Å². The van der Waals surface area contributed by atoms with Gasteiger partial charge in [-0.2, -0.15) is 5.26 Å². The zero-order valence-electron chi connectivity index (χ0n) is 14.2. The number of nitrogens with one attached hydrogen (secondary N) is 2. The first-order valence-electron chi connectivity index (χ1n) is 7.87. The van der Waals surface area contributed by atoms with Gasteiger partial charge < -0.3 is 15.8 Å². The standard InChI is InChI=1S/C20H17N5O/c1-26-18-4-2-3-14(12-21)20(18)25-15-5-6-17(22)16(11-15)19(23)13-7-9-24-10-8-13/h2-11,23,25H,22H2,1H3. The van der Waals surface area contributed by atoms with Crippen molar-refractivity contribution in [3.05, 3.63) is 77.6 Å². The number of nitriles is 1. The third kappa shape index (κ3) is 3.32. The number of para-hydroxylation sites is 1. The highest BCUT2D eigenvalue weighted by atomic mass is 16.5. The number of methoxy groups -OCH3 is 1. The van der Waals surface area contributed by atoms with Crippen molar-refractivity contribution in [3.8, 4) is 11.8 Å².